The lowest BCUT2D eigenvalue weighted by molar-refractivity contribution is 0.1000. The van der Waals surface area contributed by atoms with E-state index in [1.165, 1.54) is 30.4 Å². The number of rotatable bonds is 7. The van der Waals surface area contributed by atoms with E-state index >= 15 is 0 Å². The van der Waals surface area contributed by atoms with Crippen LogP contribution < -0.4 is 5.32 Å². The smallest absolute Gasteiger partial charge is 0.0476 e. The van der Waals surface area contributed by atoms with Gasteiger partial charge >= 0.3 is 0 Å². The van der Waals surface area contributed by atoms with Gasteiger partial charge in [0.25, 0.3) is 0 Å². The highest BCUT2D eigenvalue weighted by Crippen LogP contribution is 2.27. The molecule has 1 saturated heterocycles. The quantitative estimate of drug-likeness (QED) is 0.821. The average molecular weight is 308 g/mol. The van der Waals surface area contributed by atoms with Crippen molar-refractivity contribution < 1.29 is 4.74 Å². The van der Waals surface area contributed by atoms with E-state index in [9.17, 15) is 0 Å². The first kappa shape index (κ1) is 16.9. The minimum absolute atomic E-state index is 0.450. The van der Waals surface area contributed by atoms with Crippen LogP contribution in [0.5, 0.6) is 0 Å². The van der Waals surface area contributed by atoms with Crippen LogP contribution in [-0.4, -0.2) is 31.3 Å². The second kappa shape index (κ2) is 8.82. The van der Waals surface area contributed by atoms with Gasteiger partial charge in [0.2, 0.25) is 0 Å². The summed E-state index contributed by atoms with van der Waals surface area (Å²) in [6.45, 7) is 6.42. The van der Waals surface area contributed by atoms with Crippen LogP contribution in [0.4, 0.5) is 0 Å². The second-order valence-electron chi connectivity index (χ2n) is 6.33. The molecule has 0 radical (unpaired) electrons. The molecule has 3 heteroatoms. The number of thioether (sulfide) groups is 1. The molecule has 1 aromatic carbocycles. The Bertz CT molecular complexity index is 398. The summed E-state index contributed by atoms with van der Waals surface area (Å²) in [6.07, 6.45) is 3.57. The van der Waals surface area contributed by atoms with Gasteiger partial charge in [0, 0.05) is 30.3 Å². The Morgan fingerprint density at radius 3 is 2.43 bits per heavy atom. The van der Waals surface area contributed by atoms with Gasteiger partial charge in [-0.2, -0.15) is 11.8 Å². The molecule has 2 nitrogen and oxygen atoms in total. The SMILES string of the molecule is CNC(CSC1CCOCC1)c1ccc(CC(C)C)cc1. The van der Waals surface area contributed by atoms with Crippen LogP contribution in [0.25, 0.3) is 0 Å². The van der Waals surface area contributed by atoms with Crippen molar-refractivity contribution in [3.8, 4) is 0 Å². The molecule has 118 valence electrons. The first-order chi connectivity index (χ1) is 10.2. The summed E-state index contributed by atoms with van der Waals surface area (Å²) in [4.78, 5) is 0. The fourth-order valence-electron chi connectivity index (χ4n) is 2.78. The molecule has 1 aromatic rings. The highest BCUT2D eigenvalue weighted by molar-refractivity contribution is 7.99. The van der Waals surface area contributed by atoms with Crippen LogP contribution in [-0.2, 0) is 11.2 Å². The number of hydrogen-bond donors (Lipinski definition) is 1. The first-order valence-electron chi connectivity index (χ1n) is 8.14. The fourth-order valence-corrected chi connectivity index (χ4v) is 4.13. The molecule has 0 bridgehead atoms. The zero-order valence-corrected chi connectivity index (χ0v) is 14.4. The van der Waals surface area contributed by atoms with Crippen molar-refractivity contribution in [2.24, 2.45) is 5.92 Å². The molecule has 1 fully saturated rings. The Morgan fingerprint density at radius 1 is 1.19 bits per heavy atom. The van der Waals surface area contributed by atoms with Crippen molar-refractivity contribution in [3.05, 3.63) is 35.4 Å². The van der Waals surface area contributed by atoms with Gasteiger partial charge in [0.1, 0.15) is 0 Å². The lowest BCUT2D eigenvalue weighted by Crippen LogP contribution is -2.23. The molecule has 0 saturated carbocycles. The monoisotopic (exact) mass is 307 g/mol. The first-order valence-corrected chi connectivity index (χ1v) is 9.19. The molecule has 1 N–H and O–H groups in total. The summed E-state index contributed by atoms with van der Waals surface area (Å²) < 4.78 is 5.43. The Kier molecular flexibility index (Phi) is 7.08. The summed E-state index contributed by atoms with van der Waals surface area (Å²) in [5.41, 5.74) is 2.85. The summed E-state index contributed by atoms with van der Waals surface area (Å²) in [7, 11) is 2.07. The fraction of sp³-hybridized carbons (Fsp3) is 0.667. The zero-order valence-electron chi connectivity index (χ0n) is 13.6. The van der Waals surface area contributed by atoms with E-state index in [0.717, 1.165) is 30.1 Å². The summed E-state index contributed by atoms with van der Waals surface area (Å²) >= 11 is 2.10. The van der Waals surface area contributed by atoms with E-state index < -0.39 is 0 Å². The molecule has 21 heavy (non-hydrogen) atoms. The standard InChI is InChI=1S/C18H29NOS/c1-14(2)12-15-4-6-16(7-5-15)18(19-3)13-21-17-8-10-20-11-9-17/h4-7,14,17-19H,8-13H2,1-3H3. The molecule has 0 aromatic heterocycles. The molecule has 0 spiro atoms. The van der Waals surface area contributed by atoms with E-state index in [0.29, 0.717) is 6.04 Å². The van der Waals surface area contributed by atoms with Crippen molar-refractivity contribution in [1.29, 1.82) is 0 Å². The number of ether oxygens (including phenoxy) is 1. The van der Waals surface area contributed by atoms with Gasteiger partial charge in [-0.25, -0.2) is 0 Å². The minimum Gasteiger partial charge on any atom is -0.381 e. The predicted molar refractivity (Wildman–Crippen MR) is 93.1 cm³/mol. The number of hydrogen-bond acceptors (Lipinski definition) is 3. The Hall–Kier alpha value is -0.510. The Labute approximate surface area is 134 Å². The summed E-state index contributed by atoms with van der Waals surface area (Å²) in [5.74, 6) is 1.87. The maximum absolute atomic E-state index is 5.43. The second-order valence-corrected chi connectivity index (χ2v) is 7.66. The summed E-state index contributed by atoms with van der Waals surface area (Å²) in [5, 5.41) is 4.24. The largest absolute Gasteiger partial charge is 0.381 e. The highest BCUT2D eigenvalue weighted by atomic mass is 32.2. The van der Waals surface area contributed by atoms with Crippen LogP contribution in [0.3, 0.4) is 0 Å². The third kappa shape index (κ3) is 5.65. The van der Waals surface area contributed by atoms with Crippen LogP contribution >= 0.6 is 11.8 Å². The molecule has 1 heterocycles. The maximum atomic E-state index is 5.43. The minimum atomic E-state index is 0.450. The van der Waals surface area contributed by atoms with Gasteiger partial charge in [0.05, 0.1) is 0 Å². The maximum Gasteiger partial charge on any atom is 0.0476 e. The van der Waals surface area contributed by atoms with E-state index in [1.807, 2.05) is 0 Å². The molecule has 1 aliphatic rings. The van der Waals surface area contributed by atoms with Gasteiger partial charge in [-0.3, -0.25) is 0 Å². The Morgan fingerprint density at radius 2 is 1.86 bits per heavy atom. The van der Waals surface area contributed by atoms with Crippen molar-refractivity contribution in [1.82, 2.24) is 5.32 Å². The van der Waals surface area contributed by atoms with Crippen molar-refractivity contribution >= 4 is 11.8 Å². The van der Waals surface area contributed by atoms with Crippen molar-refractivity contribution in [3.63, 3.8) is 0 Å². The van der Waals surface area contributed by atoms with Gasteiger partial charge in [0.15, 0.2) is 0 Å². The van der Waals surface area contributed by atoms with E-state index in [-0.39, 0.29) is 0 Å². The van der Waals surface area contributed by atoms with Crippen LogP contribution in [0.2, 0.25) is 0 Å². The third-order valence-corrected chi connectivity index (χ3v) is 5.51. The van der Waals surface area contributed by atoms with Gasteiger partial charge in [-0.15, -0.1) is 0 Å². The summed E-state index contributed by atoms with van der Waals surface area (Å²) in [6, 6.07) is 9.62. The number of benzene rings is 1. The van der Waals surface area contributed by atoms with Crippen molar-refractivity contribution in [2.45, 2.75) is 44.4 Å². The molecule has 0 aliphatic carbocycles. The van der Waals surface area contributed by atoms with Gasteiger partial charge in [-0.05, 0) is 43.4 Å². The molecule has 0 amide bonds. The predicted octanol–water partition coefficient (Wildman–Crippen LogP) is 4.06. The number of nitrogens with one attached hydrogen (secondary N) is 1. The van der Waals surface area contributed by atoms with E-state index in [4.69, 9.17) is 4.74 Å². The van der Waals surface area contributed by atoms with Crippen LogP contribution in [0.1, 0.15) is 43.9 Å². The van der Waals surface area contributed by atoms with E-state index in [1.54, 1.807) is 0 Å². The topological polar surface area (TPSA) is 21.3 Å². The normalized spacial score (nSPS) is 18.1. The van der Waals surface area contributed by atoms with Crippen molar-refractivity contribution in [2.75, 3.05) is 26.0 Å². The molecule has 1 unspecified atom stereocenters. The highest BCUT2D eigenvalue weighted by Gasteiger charge is 2.17. The third-order valence-electron chi connectivity index (χ3n) is 4.04. The van der Waals surface area contributed by atoms with Gasteiger partial charge < -0.3 is 10.1 Å². The molecule has 2 rings (SSSR count). The molecular formula is C18H29NOS. The van der Waals surface area contributed by atoms with E-state index in [2.05, 4.69) is 62.2 Å². The molecular weight excluding hydrogens is 278 g/mol. The van der Waals surface area contributed by atoms with Crippen LogP contribution in [0.15, 0.2) is 24.3 Å². The zero-order chi connectivity index (χ0) is 15.1. The molecule has 1 atom stereocenters. The Balaban J connectivity index is 1.87. The average Bonchev–Trinajstić information content (AvgIpc) is 2.50. The molecule has 1 aliphatic heterocycles. The lowest BCUT2D eigenvalue weighted by atomic mass is 10.00. The lowest BCUT2D eigenvalue weighted by Gasteiger charge is -2.24. The van der Waals surface area contributed by atoms with Gasteiger partial charge in [-0.1, -0.05) is 38.1 Å². The van der Waals surface area contributed by atoms with Crippen LogP contribution in [0, 0.1) is 5.92 Å².